The lowest BCUT2D eigenvalue weighted by atomic mass is 9.76. The van der Waals surface area contributed by atoms with E-state index in [9.17, 15) is 0 Å². The molecule has 2 heteroatoms. The molecule has 15 heavy (non-hydrogen) atoms. The second kappa shape index (κ2) is 4.54. The lowest BCUT2D eigenvalue weighted by molar-refractivity contribution is -0.0780. The van der Waals surface area contributed by atoms with Crippen molar-refractivity contribution in [3.63, 3.8) is 0 Å². The Labute approximate surface area is 96.4 Å². The topological polar surface area (TPSA) is 9.23 Å². The van der Waals surface area contributed by atoms with Crippen molar-refractivity contribution in [3.05, 3.63) is 35.9 Å². The standard InChI is InChI=1S/C13H17ClO/c1-15-13(8-5-9-13)10-12(14)11-6-3-2-4-7-11/h2-4,6-7,12H,5,8-10H2,1H3. The first-order valence-corrected chi connectivity index (χ1v) is 5.94. The third-order valence-electron chi connectivity index (χ3n) is 3.41. The van der Waals surface area contributed by atoms with E-state index in [-0.39, 0.29) is 11.0 Å². The molecule has 1 aliphatic rings. The average Bonchev–Trinajstić information content (AvgIpc) is 2.24. The van der Waals surface area contributed by atoms with Crippen molar-refractivity contribution in [3.8, 4) is 0 Å². The quantitative estimate of drug-likeness (QED) is 0.705. The molecule has 2 rings (SSSR count). The van der Waals surface area contributed by atoms with Gasteiger partial charge in [0.25, 0.3) is 0 Å². The highest BCUT2D eigenvalue weighted by atomic mass is 35.5. The van der Waals surface area contributed by atoms with Crippen LogP contribution in [0.1, 0.15) is 36.6 Å². The summed E-state index contributed by atoms with van der Waals surface area (Å²) in [5.41, 5.74) is 1.25. The minimum absolute atomic E-state index is 0.0578. The van der Waals surface area contributed by atoms with E-state index in [4.69, 9.17) is 16.3 Å². The van der Waals surface area contributed by atoms with E-state index >= 15 is 0 Å². The summed E-state index contributed by atoms with van der Waals surface area (Å²) in [5.74, 6) is 0. The first kappa shape index (κ1) is 11.0. The molecule has 0 aliphatic heterocycles. The molecule has 1 fully saturated rings. The number of benzene rings is 1. The van der Waals surface area contributed by atoms with Gasteiger partial charge in [-0.05, 0) is 31.2 Å². The van der Waals surface area contributed by atoms with Gasteiger partial charge in [-0.2, -0.15) is 0 Å². The molecule has 0 N–H and O–H groups in total. The molecule has 0 amide bonds. The molecule has 1 aliphatic carbocycles. The van der Waals surface area contributed by atoms with Crippen molar-refractivity contribution in [1.29, 1.82) is 0 Å². The lowest BCUT2D eigenvalue weighted by Gasteiger charge is -2.41. The largest absolute Gasteiger partial charge is 0.378 e. The zero-order valence-electron chi connectivity index (χ0n) is 9.08. The summed E-state index contributed by atoms with van der Waals surface area (Å²) in [7, 11) is 1.80. The van der Waals surface area contributed by atoms with Gasteiger partial charge in [0.15, 0.2) is 0 Å². The van der Waals surface area contributed by atoms with E-state index in [0.717, 1.165) is 19.3 Å². The minimum atomic E-state index is 0.0578. The maximum Gasteiger partial charge on any atom is 0.0696 e. The smallest absolute Gasteiger partial charge is 0.0696 e. The van der Waals surface area contributed by atoms with Crippen molar-refractivity contribution < 1.29 is 4.74 Å². The van der Waals surface area contributed by atoms with Crippen LogP contribution in [0.3, 0.4) is 0 Å². The normalized spacial score (nSPS) is 20.7. The van der Waals surface area contributed by atoms with E-state index in [0.29, 0.717) is 0 Å². The van der Waals surface area contributed by atoms with Gasteiger partial charge in [0.1, 0.15) is 0 Å². The van der Waals surface area contributed by atoms with Crippen molar-refractivity contribution in [2.75, 3.05) is 7.11 Å². The summed E-state index contributed by atoms with van der Waals surface area (Å²) < 4.78 is 5.58. The number of rotatable bonds is 4. The Morgan fingerprint density at radius 1 is 1.33 bits per heavy atom. The molecular weight excluding hydrogens is 208 g/mol. The zero-order chi connectivity index (χ0) is 10.7. The first-order chi connectivity index (χ1) is 7.26. The van der Waals surface area contributed by atoms with Gasteiger partial charge in [-0.25, -0.2) is 0 Å². The van der Waals surface area contributed by atoms with E-state index in [1.165, 1.54) is 12.0 Å². The Bertz CT molecular complexity index is 300. The number of halogens is 1. The Morgan fingerprint density at radius 3 is 2.47 bits per heavy atom. The lowest BCUT2D eigenvalue weighted by Crippen LogP contribution is -2.39. The Balaban J connectivity index is 2.00. The second-order valence-corrected chi connectivity index (χ2v) is 4.85. The van der Waals surface area contributed by atoms with E-state index in [1.54, 1.807) is 7.11 Å². The molecule has 82 valence electrons. The fourth-order valence-electron chi connectivity index (χ4n) is 2.17. The summed E-state index contributed by atoms with van der Waals surface area (Å²) in [4.78, 5) is 0. The fourth-order valence-corrected chi connectivity index (χ4v) is 2.60. The van der Waals surface area contributed by atoms with Gasteiger partial charge in [-0.3, -0.25) is 0 Å². The molecule has 0 bridgehead atoms. The molecule has 1 nitrogen and oxygen atoms in total. The van der Waals surface area contributed by atoms with Crippen LogP contribution in [0.25, 0.3) is 0 Å². The maximum atomic E-state index is 6.40. The molecule has 1 aromatic rings. The van der Waals surface area contributed by atoms with Crippen LogP contribution in [0.2, 0.25) is 0 Å². The van der Waals surface area contributed by atoms with Crippen molar-refractivity contribution in [2.24, 2.45) is 0 Å². The molecule has 0 radical (unpaired) electrons. The Hall–Kier alpha value is -0.530. The summed E-state index contributed by atoms with van der Waals surface area (Å²) in [6.45, 7) is 0. The van der Waals surface area contributed by atoms with E-state index < -0.39 is 0 Å². The highest BCUT2D eigenvalue weighted by molar-refractivity contribution is 6.20. The predicted molar refractivity (Wildman–Crippen MR) is 63.2 cm³/mol. The van der Waals surface area contributed by atoms with Crippen molar-refractivity contribution in [1.82, 2.24) is 0 Å². The van der Waals surface area contributed by atoms with Crippen molar-refractivity contribution >= 4 is 11.6 Å². The Morgan fingerprint density at radius 2 is 2.00 bits per heavy atom. The van der Waals surface area contributed by atoms with Gasteiger partial charge in [-0.1, -0.05) is 30.3 Å². The number of hydrogen-bond acceptors (Lipinski definition) is 1. The molecule has 1 atom stereocenters. The third-order valence-corrected chi connectivity index (χ3v) is 3.82. The summed E-state index contributed by atoms with van der Waals surface area (Å²) in [5, 5.41) is 0.0754. The third kappa shape index (κ3) is 2.35. The van der Waals surface area contributed by atoms with Crippen LogP contribution < -0.4 is 0 Å². The van der Waals surface area contributed by atoms with Crippen LogP contribution in [0.4, 0.5) is 0 Å². The summed E-state index contributed by atoms with van der Waals surface area (Å²) in [6, 6.07) is 10.2. The fraction of sp³-hybridized carbons (Fsp3) is 0.538. The van der Waals surface area contributed by atoms with Gasteiger partial charge in [0.05, 0.1) is 11.0 Å². The zero-order valence-corrected chi connectivity index (χ0v) is 9.83. The Kier molecular flexibility index (Phi) is 3.32. The molecular formula is C13H17ClO. The number of ether oxygens (including phenoxy) is 1. The molecule has 0 spiro atoms. The summed E-state index contributed by atoms with van der Waals surface area (Å²) in [6.07, 6.45) is 4.50. The highest BCUT2D eigenvalue weighted by Crippen LogP contribution is 2.43. The van der Waals surface area contributed by atoms with Crippen LogP contribution in [0, 0.1) is 0 Å². The van der Waals surface area contributed by atoms with Crippen LogP contribution in [-0.2, 0) is 4.74 Å². The number of alkyl halides is 1. The predicted octanol–water partition coefficient (Wildman–Crippen LogP) is 3.93. The van der Waals surface area contributed by atoms with Gasteiger partial charge in [-0.15, -0.1) is 11.6 Å². The monoisotopic (exact) mass is 224 g/mol. The first-order valence-electron chi connectivity index (χ1n) is 5.50. The van der Waals surface area contributed by atoms with Gasteiger partial charge in [0.2, 0.25) is 0 Å². The molecule has 1 saturated carbocycles. The summed E-state index contributed by atoms with van der Waals surface area (Å²) >= 11 is 6.40. The number of methoxy groups -OCH3 is 1. The maximum absolute atomic E-state index is 6.40. The molecule has 1 aromatic carbocycles. The van der Waals surface area contributed by atoms with Gasteiger partial charge in [0, 0.05) is 7.11 Å². The van der Waals surface area contributed by atoms with Crippen LogP contribution in [0.5, 0.6) is 0 Å². The average molecular weight is 225 g/mol. The van der Waals surface area contributed by atoms with Crippen LogP contribution in [-0.4, -0.2) is 12.7 Å². The SMILES string of the molecule is COC1(CC(Cl)c2ccccc2)CCC1. The molecule has 1 unspecified atom stereocenters. The van der Waals surface area contributed by atoms with E-state index in [1.807, 2.05) is 18.2 Å². The van der Waals surface area contributed by atoms with Gasteiger partial charge < -0.3 is 4.74 Å². The van der Waals surface area contributed by atoms with E-state index in [2.05, 4.69) is 12.1 Å². The minimum Gasteiger partial charge on any atom is -0.378 e. The van der Waals surface area contributed by atoms with Crippen LogP contribution in [0.15, 0.2) is 30.3 Å². The van der Waals surface area contributed by atoms with Crippen molar-refractivity contribution in [2.45, 2.75) is 36.7 Å². The van der Waals surface area contributed by atoms with Crippen LogP contribution >= 0.6 is 11.6 Å². The number of hydrogen-bond donors (Lipinski definition) is 0. The molecule has 0 saturated heterocycles. The molecule has 0 aromatic heterocycles. The highest BCUT2D eigenvalue weighted by Gasteiger charge is 2.38. The molecule has 0 heterocycles. The van der Waals surface area contributed by atoms with Gasteiger partial charge >= 0.3 is 0 Å². The second-order valence-electron chi connectivity index (χ2n) is 4.32.